The van der Waals surface area contributed by atoms with Gasteiger partial charge in [-0.3, -0.25) is 9.59 Å². The number of nitrogens with one attached hydrogen (secondary N) is 1. The van der Waals surface area contributed by atoms with Crippen molar-refractivity contribution in [1.82, 2.24) is 19.7 Å². The third-order valence-electron chi connectivity index (χ3n) is 7.73. The zero-order valence-corrected chi connectivity index (χ0v) is 21.6. The molecule has 2 aromatic rings. The molecule has 182 valence electrons. The second-order valence-corrected chi connectivity index (χ2v) is 11.0. The highest BCUT2D eigenvalue weighted by Gasteiger charge is 2.48. The van der Waals surface area contributed by atoms with Crippen molar-refractivity contribution in [2.45, 2.75) is 90.8 Å². The number of hydrogen-bond donors (Lipinski definition) is 1. The smallest absolute Gasteiger partial charge is 0.271 e. The van der Waals surface area contributed by atoms with Crippen molar-refractivity contribution >= 4 is 33.4 Å². The summed E-state index contributed by atoms with van der Waals surface area (Å²) in [5, 5.41) is 3.37. The fourth-order valence-electron chi connectivity index (χ4n) is 5.46. The van der Waals surface area contributed by atoms with Gasteiger partial charge in [0.25, 0.3) is 5.91 Å². The number of aryl methyl sites for hydroxylation is 1. The Kier molecular flexibility index (Phi) is 7.49. The van der Waals surface area contributed by atoms with Crippen molar-refractivity contribution in [1.29, 1.82) is 0 Å². The molecule has 0 bridgehead atoms. The molecule has 2 aromatic heterocycles. The number of carbonyl (C=O) groups excluding carboxylic acids is 2. The van der Waals surface area contributed by atoms with Crippen molar-refractivity contribution < 1.29 is 9.59 Å². The van der Waals surface area contributed by atoms with Crippen LogP contribution in [0.1, 0.15) is 81.6 Å². The number of carbonyl (C=O) groups is 2. The van der Waals surface area contributed by atoms with Crippen LogP contribution in [0.3, 0.4) is 0 Å². The quantitative estimate of drug-likeness (QED) is 0.569. The zero-order valence-electron chi connectivity index (χ0n) is 20.8. The summed E-state index contributed by atoms with van der Waals surface area (Å²) in [7, 11) is 0. The fraction of sp³-hybridized carbons (Fsp3) is 0.692. The molecule has 1 atom stereocenters. The minimum absolute atomic E-state index is 0.000687. The molecule has 4 rings (SSSR count). The molecular formula is C26H40N4O2S. The third-order valence-corrected chi connectivity index (χ3v) is 8.94. The second kappa shape index (κ2) is 10.2. The maximum atomic E-state index is 13.8. The fourth-order valence-corrected chi connectivity index (χ4v) is 6.50. The van der Waals surface area contributed by atoms with Gasteiger partial charge >= 0.3 is 0 Å². The van der Waals surface area contributed by atoms with Gasteiger partial charge in [-0.05, 0) is 51.4 Å². The normalized spacial score (nSPS) is 22.1. The first kappa shape index (κ1) is 24.3. The predicted molar refractivity (Wildman–Crippen MR) is 136 cm³/mol. The molecule has 0 spiro atoms. The molecule has 1 aliphatic carbocycles. The highest BCUT2D eigenvalue weighted by atomic mass is 32.1. The Morgan fingerprint density at radius 1 is 1.15 bits per heavy atom. The van der Waals surface area contributed by atoms with Gasteiger partial charge in [-0.25, -0.2) is 0 Å². The molecule has 1 N–H and O–H groups in total. The number of fused-ring (bicyclic) bond motifs is 3. The van der Waals surface area contributed by atoms with Crippen molar-refractivity contribution in [3.63, 3.8) is 0 Å². The number of hydrogen-bond acceptors (Lipinski definition) is 4. The summed E-state index contributed by atoms with van der Waals surface area (Å²) < 4.78 is 3.25. The van der Waals surface area contributed by atoms with E-state index >= 15 is 0 Å². The lowest BCUT2D eigenvalue weighted by molar-refractivity contribution is -0.133. The molecule has 1 fully saturated rings. The van der Waals surface area contributed by atoms with Crippen LogP contribution < -0.4 is 5.32 Å². The van der Waals surface area contributed by atoms with Gasteiger partial charge in [0.05, 0.1) is 16.8 Å². The average Bonchev–Trinajstić information content (AvgIpc) is 3.25. The number of likely N-dealkylation sites (N-methyl/N-ethyl adjacent to an activating group) is 1. The molecule has 0 unspecified atom stereocenters. The van der Waals surface area contributed by atoms with E-state index in [1.165, 1.54) is 30.6 Å². The summed E-state index contributed by atoms with van der Waals surface area (Å²) in [5.74, 6) is -0.0193. The van der Waals surface area contributed by atoms with Crippen LogP contribution in [0.5, 0.6) is 0 Å². The van der Waals surface area contributed by atoms with E-state index in [9.17, 15) is 9.59 Å². The average molecular weight is 473 g/mol. The van der Waals surface area contributed by atoms with Gasteiger partial charge in [0.1, 0.15) is 11.2 Å². The first-order valence-electron chi connectivity index (χ1n) is 12.9. The number of thiophene rings is 1. The topological polar surface area (TPSA) is 57.6 Å². The van der Waals surface area contributed by atoms with Crippen LogP contribution >= 0.6 is 11.3 Å². The molecular weight excluding hydrogens is 432 g/mol. The molecule has 2 aliphatic rings. The van der Waals surface area contributed by atoms with E-state index in [1.54, 1.807) is 11.3 Å². The molecule has 1 aliphatic heterocycles. The zero-order chi connectivity index (χ0) is 23.6. The van der Waals surface area contributed by atoms with E-state index in [-0.39, 0.29) is 17.9 Å². The standard InChI is InChI=1S/C26H40N4O2S/c1-5-20-16-21-23(33-20)17-22-24(31)30(15-14-28(6-2)7-3)26(4,18-29(21)22)25(32)27-19-12-10-8-9-11-13-19/h16-17,19H,5-15,18H2,1-4H3,(H,27,32)/t26-/m0/s1. The molecule has 0 radical (unpaired) electrons. The second-order valence-electron chi connectivity index (χ2n) is 9.85. The lowest BCUT2D eigenvalue weighted by Crippen LogP contribution is -2.65. The highest BCUT2D eigenvalue weighted by Crippen LogP contribution is 2.36. The maximum absolute atomic E-state index is 13.8. The Hall–Kier alpha value is -1.86. The molecule has 2 amide bonds. The molecule has 6 nitrogen and oxygen atoms in total. The first-order valence-corrected chi connectivity index (χ1v) is 13.7. The van der Waals surface area contributed by atoms with Crippen molar-refractivity contribution in [3.05, 3.63) is 22.7 Å². The van der Waals surface area contributed by atoms with Gasteiger partial charge in [-0.2, -0.15) is 0 Å². The van der Waals surface area contributed by atoms with Gasteiger partial charge in [0.15, 0.2) is 0 Å². The summed E-state index contributed by atoms with van der Waals surface area (Å²) in [6.07, 6.45) is 7.91. The van der Waals surface area contributed by atoms with Gasteiger partial charge in [0, 0.05) is 24.0 Å². The maximum Gasteiger partial charge on any atom is 0.271 e. The lowest BCUT2D eigenvalue weighted by atomic mass is 9.93. The Morgan fingerprint density at radius 2 is 1.85 bits per heavy atom. The van der Waals surface area contributed by atoms with E-state index < -0.39 is 5.54 Å². The predicted octanol–water partition coefficient (Wildman–Crippen LogP) is 4.66. The minimum Gasteiger partial charge on any atom is -0.351 e. The van der Waals surface area contributed by atoms with Crippen LogP contribution in [0.25, 0.3) is 10.2 Å². The van der Waals surface area contributed by atoms with Crippen LogP contribution in [0, 0.1) is 0 Å². The van der Waals surface area contributed by atoms with Gasteiger partial charge in [-0.15, -0.1) is 11.3 Å². The Labute approximate surface area is 202 Å². The molecule has 3 heterocycles. The monoisotopic (exact) mass is 472 g/mol. The van der Waals surface area contributed by atoms with Gasteiger partial charge < -0.3 is 19.7 Å². The Morgan fingerprint density at radius 3 is 2.48 bits per heavy atom. The van der Waals surface area contributed by atoms with E-state index in [0.29, 0.717) is 13.1 Å². The van der Waals surface area contributed by atoms with Crippen LogP contribution in [-0.4, -0.2) is 63.9 Å². The summed E-state index contributed by atoms with van der Waals surface area (Å²) in [4.78, 5) is 33.1. The minimum atomic E-state index is -0.899. The van der Waals surface area contributed by atoms with Crippen molar-refractivity contribution in [2.24, 2.45) is 0 Å². The number of rotatable bonds is 8. The number of amides is 2. The number of aromatic nitrogens is 1. The number of nitrogens with zero attached hydrogens (tertiary/aromatic N) is 3. The summed E-state index contributed by atoms with van der Waals surface area (Å²) in [6, 6.07) is 4.45. The van der Waals surface area contributed by atoms with Gasteiger partial charge in [-0.1, -0.05) is 46.5 Å². The van der Waals surface area contributed by atoms with Crippen molar-refractivity contribution in [2.75, 3.05) is 26.2 Å². The van der Waals surface area contributed by atoms with Crippen LogP contribution in [0.2, 0.25) is 0 Å². The van der Waals surface area contributed by atoms with Crippen LogP contribution in [-0.2, 0) is 17.8 Å². The first-order chi connectivity index (χ1) is 15.9. The highest BCUT2D eigenvalue weighted by molar-refractivity contribution is 7.19. The summed E-state index contributed by atoms with van der Waals surface area (Å²) in [5.41, 5.74) is 0.916. The third kappa shape index (κ3) is 4.72. The largest absolute Gasteiger partial charge is 0.351 e. The van der Waals surface area contributed by atoms with Crippen LogP contribution in [0.15, 0.2) is 12.1 Å². The van der Waals surface area contributed by atoms with Crippen molar-refractivity contribution in [3.8, 4) is 0 Å². The molecule has 7 heteroatoms. The SMILES string of the molecule is CCc1cc2c(cc3n2C[C@@](C)(C(=O)NC2CCCCCC2)N(CCN(CC)CC)C3=O)s1. The molecule has 0 saturated heterocycles. The Bertz CT molecular complexity index is 984. The summed E-state index contributed by atoms with van der Waals surface area (Å²) >= 11 is 1.76. The van der Waals surface area contributed by atoms with Crippen LogP contribution in [0.4, 0.5) is 0 Å². The van der Waals surface area contributed by atoms with E-state index in [0.717, 1.165) is 54.8 Å². The molecule has 1 saturated carbocycles. The summed E-state index contributed by atoms with van der Waals surface area (Å²) in [6.45, 7) is 12.1. The Balaban J connectivity index is 1.67. The van der Waals surface area contributed by atoms with E-state index in [4.69, 9.17) is 0 Å². The lowest BCUT2D eigenvalue weighted by Gasteiger charge is -2.45. The molecule has 0 aromatic carbocycles. The molecule has 33 heavy (non-hydrogen) atoms. The van der Waals surface area contributed by atoms with Gasteiger partial charge in [0.2, 0.25) is 5.91 Å². The van der Waals surface area contributed by atoms with E-state index in [2.05, 4.69) is 41.6 Å². The van der Waals surface area contributed by atoms with E-state index in [1.807, 2.05) is 17.9 Å².